The Labute approximate surface area is 319 Å². The Morgan fingerprint density at radius 3 is 1.55 bits per heavy atom. The van der Waals surface area contributed by atoms with E-state index < -0.39 is 0 Å². The zero-order valence-electron chi connectivity index (χ0n) is 30.5. The first-order valence-electron chi connectivity index (χ1n) is 18.7. The number of benzene rings is 9. The predicted octanol–water partition coefficient (Wildman–Crippen LogP) is 14.7. The van der Waals surface area contributed by atoms with Gasteiger partial charge in [0.2, 0.25) is 0 Å². The third kappa shape index (κ3) is 5.20. The van der Waals surface area contributed by atoms with E-state index in [1.54, 1.807) is 12.1 Å². The molecule has 0 bridgehead atoms. The standard InChI is InChI=1S/C51H36F2N2/c1-51(2)44-31-34-29-37(54(35-15-5-3-6-16-35)47-23-13-11-21-45(47)52)26-25-33(34)30-43(44)49-40-20-10-9-19-39(40)42-32-38(27-28-41(42)50(49)51)55(36-17-7-4-8-18-36)48-24-14-12-22-46(48)53/h3-32H,1-2H3. The molecule has 9 aromatic rings. The van der Waals surface area contributed by atoms with Gasteiger partial charge in [-0.3, -0.25) is 0 Å². The first-order chi connectivity index (χ1) is 26.9. The largest absolute Gasteiger partial charge is 0.308 e. The van der Waals surface area contributed by atoms with Crippen LogP contribution in [0.25, 0.3) is 43.4 Å². The van der Waals surface area contributed by atoms with Gasteiger partial charge in [-0.05, 0) is 140 Å². The van der Waals surface area contributed by atoms with Crippen LogP contribution in [0.2, 0.25) is 0 Å². The van der Waals surface area contributed by atoms with Crippen molar-refractivity contribution in [3.63, 3.8) is 0 Å². The molecule has 0 heterocycles. The van der Waals surface area contributed by atoms with Crippen LogP contribution in [-0.2, 0) is 5.41 Å². The Morgan fingerprint density at radius 2 is 0.927 bits per heavy atom. The second-order valence-corrected chi connectivity index (χ2v) is 14.8. The van der Waals surface area contributed by atoms with Crippen LogP contribution in [0.1, 0.15) is 25.0 Å². The molecule has 9 aromatic carbocycles. The molecule has 0 amide bonds. The van der Waals surface area contributed by atoms with E-state index in [1.165, 1.54) is 45.2 Å². The number of halogens is 2. The monoisotopic (exact) mass is 714 g/mol. The van der Waals surface area contributed by atoms with Gasteiger partial charge in [-0.15, -0.1) is 0 Å². The predicted molar refractivity (Wildman–Crippen MR) is 226 cm³/mol. The minimum Gasteiger partial charge on any atom is -0.308 e. The molecule has 0 aliphatic heterocycles. The number of fused-ring (bicyclic) bond motifs is 9. The van der Waals surface area contributed by atoms with Crippen LogP contribution >= 0.6 is 0 Å². The Kier molecular flexibility index (Phi) is 7.57. The molecule has 2 nitrogen and oxygen atoms in total. The minimum absolute atomic E-state index is 0.278. The lowest BCUT2D eigenvalue weighted by atomic mass is 9.79. The summed E-state index contributed by atoms with van der Waals surface area (Å²) in [6.07, 6.45) is 0. The SMILES string of the molecule is CC1(C)c2cc3cc(N(c4ccccc4)c4ccccc4F)ccc3cc2-c2c1c1ccc(N(c3ccccc3)c3ccccc3F)cc1c1ccccc21. The summed E-state index contributed by atoms with van der Waals surface area (Å²) in [5.41, 5.74) is 9.23. The van der Waals surface area contributed by atoms with E-state index in [2.05, 4.69) is 86.6 Å². The summed E-state index contributed by atoms with van der Waals surface area (Å²) in [5, 5.41) is 6.86. The van der Waals surface area contributed by atoms with Crippen molar-refractivity contribution in [2.75, 3.05) is 9.80 Å². The zero-order chi connectivity index (χ0) is 37.3. The third-order valence-corrected chi connectivity index (χ3v) is 11.3. The van der Waals surface area contributed by atoms with Crippen LogP contribution in [0, 0.1) is 11.6 Å². The van der Waals surface area contributed by atoms with Gasteiger partial charge in [-0.25, -0.2) is 8.78 Å². The lowest BCUT2D eigenvalue weighted by Crippen LogP contribution is -2.16. The van der Waals surface area contributed by atoms with E-state index in [0.29, 0.717) is 11.4 Å². The van der Waals surface area contributed by atoms with Gasteiger partial charge in [0.05, 0.1) is 11.4 Å². The number of nitrogens with zero attached hydrogens (tertiary/aromatic N) is 2. The number of para-hydroxylation sites is 4. The molecule has 0 spiro atoms. The molecular formula is C51H36F2N2. The van der Waals surface area contributed by atoms with E-state index >= 15 is 8.78 Å². The number of hydrogen-bond acceptors (Lipinski definition) is 2. The summed E-state index contributed by atoms with van der Waals surface area (Å²) >= 11 is 0. The molecule has 10 rings (SSSR count). The smallest absolute Gasteiger partial charge is 0.147 e. The van der Waals surface area contributed by atoms with Crippen molar-refractivity contribution in [2.45, 2.75) is 19.3 Å². The van der Waals surface area contributed by atoms with Gasteiger partial charge in [-0.2, -0.15) is 0 Å². The maximum Gasteiger partial charge on any atom is 0.147 e. The maximum absolute atomic E-state index is 15.5. The van der Waals surface area contributed by atoms with E-state index in [-0.39, 0.29) is 17.0 Å². The fourth-order valence-electron chi connectivity index (χ4n) is 8.80. The highest BCUT2D eigenvalue weighted by Crippen LogP contribution is 2.56. The fourth-order valence-corrected chi connectivity index (χ4v) is 8.80. The van der Waals surface area contributed by atoms with Gasteiger partial charge in [0, 0.05) is 28.2 Å². The Hall–Kier alpha value is -6.78. The summed E-state index contributed by atoms with van der Waals surface area (Å²) in [7, 11) is 0. The molecular weight excluding hydrogens is 679 g/mol. The second kappa shape index (κ2) is 12.7. The van der Waals surface area contributed by atoms with Gasteiger partial charge in [0.1, 0.15) is 11.6 Å². The Morgan fingerprint density at radius 1 is 0.400 bits per heavy atom. The lowest BCUT2D eigenvalue weighted by Gasteiger charge is -2.28. The molecule has 264 valence electrons. The van der Waals surface area contributed by atoms with Gasteiger partial charge < -0.3 is 9.80 Å². The molecule has 0 atom stereocenters. The van der Waals surface area contributed by atoms with Crippen LogP contribution in [0.5, 0.6) is 0 Å². The molecule has 0 saturated carbocycles. The van der Waals surface area contributed by atoms with E-state index in [1.807, 2.05) is 94.7 Å². The van der Waals surface area contributed by atoms with E-state index in [4.69, 9.17) is 0 Å². The second-order valence-electron chi connectivity index (χ2n) is 14.8. The van der Waals surface area contributed by atoms with E-state index in [0.717, 1.165) is 44.3 Å². The average molecular weight is 715 g/mol. The maximum atomic E-state index is 15.5. The minimum atomic E-state index is -0.339. The highest BCUT2D eigenvalue weighted by molar-refractivity contribution is 6.19. The average Bonchev–Trinajstić information content (AvgIpc) is 3.45. The van der Waals surface area contributed by atoms with Gasteiger partial charge in [0.25, 0.3) is 0 Å². The highest BCUT2D eigenvalue weighted by atomic mass is 19.1. The molecule has 0 fully saturated rings. The molecule has 0 saturated heterocycles. The summed E-state index contributed by atoms with van der Waals surface area (Å²) in [5.74, 6) is -0.558. The first kappa shape index (κ1) is 32.8. The lowest BCUT2D eigenvalue weighted by molar-refractivity contribution is 0.628. The molecule has 0 radical (unpaired) electrons. The number of hydrogen-bond donors (Lipinski definition) is 0. The van der Waals surface area contributed by atoms with Crippen LogP contribution < -0.4 is 9.80 Å². The number of anilines is 6. The quantitative estimate of drug-likeness (QED) is 0.158. The van der Waals surface area contributed by atoms with Crippen molar-refractivity contribution >= 4 is 66.4 Å². The van der Waals surface area contributed by atoms with Crippen LogP contribution in [0.4, 0.5) is 42.9 Å². The topological polar surface area (TPSA) is 6.48 Å². The molecule has 0 unspecified atom stereocenters. The van der Waals surface area contributed by atoms with Crippen molar-refractivity contribution in [3.05, 3.63) is 205 Å². The van der Waals surface area contributed by atoms with E-state index in [9.17, 15) is 0 Å². The van der Waals surface area contributed by atoms with Gasteiger partial charge in [-0.1, -0.05) is 111 Å². The van der Waals surface area contributed by atoms with Crippen molar-refractivity contribution in [3.8, 4) is 11.1 Å². The molecule has 1 aliphatic carbocycles. The third-order valence-electron chi connectivity index (χ3n) is 11.3. The molecule has 55 heavy (non-hydrogen) atoms. The van der Waals surface area contributed by atoms with Crippen LogP contribution in [0.15, 0.2) is 182 Å². The molecule has 0 aromatic heterocycles. The van der Waals surface area contributed by atoms with Crippen molar-refractivity contribution in [2.24, 2.45) is 0 Å². The van der Waals surface area contributed by atoms with Crippen LogP contribution in [0.3, 0.4) is 0 Å². The Balaban J connectivity index is 1.17. The van der Waals surface area contributed by atoms with Crippen molar-refractivity contribution in [1.29, 1.82) is 0 Å². The number of rotatable bonds is 6. The first-order valence-corrected chi connectivity index (χ1v) is 18.7. The Bertz CT molecular complexity index is 2940. The fraction of sp³-hybridized carbons (Fsp3) is 0.0588. The highest BCUT2D eigenvalue weighted by Gasteiger charge is 2.39. The van der Waals surface area contributed by atoms with Gasteiger partial charge in [0.15, 0.2) is 0 Å². The van der Waals surface area contributed by atoms with Crippen LogP contribution in [-0.4, -0.2) is 0 Å². The normalized spacial score (nSPS) is 12.9. The summed E-state index contributed by atoms with van der Waals surface area (Å²) < 4.78 is 30.9. The van der Waals surface area contributed by atoms with Crippen molar-refractivity contribution in [1.82, 2.24) is 0 Å². The molecule has 1 aliphatic rings. The summed E-state index contributed by atoms with van der Waals surface area (Å²) in [4.78, 5) is 3.99. The summed E-state index contributed by atoms with van der Waals surface area (Å²) in [6.45, 7) is 4.64. The van der Waals surface area contributed by atoms with Gasteiger partial charge >= 0.3 is 0 Å². The summed E-state index contributed by atoms with van der Waals surface area (Å²) in [6, 6.07) is 60.1. The molecule has 0 N–H and O–H groups in total. The van der Waals surface area contributed by atoms with Crippen molar-refractivity contribution < 1.29 is 8.78 Å². The molecule has 4 heteroatoms. The zero-order valence-corrected chi connectivity index (χ0v) is 30.5.